The second-order valence-corrected chi connectivity index (χ2v) is 6.87. The molecule has 0 aliphatic carbocycles. The fraction of sp³-hybridized carbons (Fsp3) is 0.200. The van der Waals surface area contributed by atoms with Crippen molar-refractivity contribution >= 4 is 11.6 Å². The van der Waals surface area contributed by atoms with Crippen molar-refractivity contribution in [1.29, 1.82) is 0 Å². The van der Waals surface area contributed by atoms with E-state index in [-0.39, 0.29) is 35.1 Å². The Morgan fingerprint density at radius 2 is 2.00 bits per heavy atom. The Kier molecular flexibility index (Phi) is 4.45. The molecule has 4 heterocycles. The highest BCUT2D eigenvalue weighted by Crippen LogP contribution is 2.37. The molecule has 1 N–H and O–H groups in total. The van der Waals surface area contributed by atoms with E-state index >= 15 is 0 Å². The van der Waals surface area contributed by atoms with Gasteiger partial charge in [-0.15, -0.1) is 10.2 Å². The molecule has 3 aromatic heterocycles. The summed E-state index contributed by atoms with van der Waals surface area (Å²) >= 11 is 0. The zero-order valence-electron chi connectivity index (χ0n) is 15.8. The minimum absolute atomic E-state index is 0.110. The van der Waals surface area contributed by atoms with Crippen LogP contribution in [-0.2, 0) is 19.1 Å². The molecule has 1 aromatic carbocycles. The standard InChI is InChI=1S/C20H14F4N6O/c21-15-3-4-16-11(5-7-31-16)13(15)8-26-19-27-9-14(18-29-28-10-30(18)19)12-2-1-6-25-17(12)20(22,23)24/h1-4,6,9-10H,5,7-8H2,(H,26,27). The zero-order chi connectivity index (χ0) is 21.6. The zero-order valence-corrected chi connectivity index (χ0v) is 15.8. The van der Waals surface area contributed by atoms with Crippen molar-refractivity contribution in [2.75, 3.05) is 11.9 Å². The Bertz CT molecular complexity index is 1290. The largest absolute Gasteiger partial charge is 0.493 e. The fourth-order valence-corrected chi connectivity index (χ4v) is 3.66. The summed E-state index contributed by atoms with van der Waals surface area (Å²) < 4.78 is 61.5. The number of fused-ring (bicyclic) bond motifs is 2. The van der Waals surface area contributed by atoms with E-state index in [4.69, 9.17) is 4.74 Å². The molecule has 1 aliphatic heterocycles. The van der Waals surface area contributed by atoms with Gasteiger partial charge in [0.1, 0.15) is 17.9 Å². The third-order valence-corrected chi connectivity index (χ3v) is 5.06. The molecule has 158 valence electrons. The van der Waals surface area contributed by atoms with Gasteiger partial charge in [0.05, 0.1) is 6.61 Å². The van der Waals surface area contributed by atoms with E-state index in [1.54, 1.807) is 6.07 Å². The van der Waals surface area contributed by atoms with Gasteiger partial charge in [0.25, 0.3) is 0 Å². The summed E-state index contributed by atoms with van der Waals surface area (Å²) in [5.41, 5.74) is 0.338. The van der Waals surface area contributed by atoms with Crippen LogP contribution in [0.15, 0.2) is 43.0 Å². The van der Waals surface area contributed by atoms with Crippen molar-refractivity contribution in [3.63, 3.8) is 0 Å². The highest BCUT2D eigenvalue weighted by atomic mass is 19.4. The average molecular weight is 430 g/mol. The highest BCUT2D eigenvalue weighted by Gasteiger charge is 2.36. The lowest BCUT2D eigenvalue weighted by Gasteiger charge is -2.14. The maximum atomic E-state index is 14.4. The van der Waals surface area contributed by atoms with Crippen LogP contribution >= 0.6 is 0 Å². The number of hydrogen-bond donors (Lipinski definition) is 1. The lowest BCUT2D eigenvalue weighted by atomic mass is 10.0. The van der Waals surface area contributed by atoms with Gasteiger partial charge < -0.3 is 10.1 Å². The van der Waals surface area contributed by atoms with Gasteiger partial charge in [0.2, 0.25) is 5.95 Å². The van der Waals surface area contributed by atoms with Crippen molar-refractivity contribution in [3.8, 4) is 16.9 Å². The molecule has 0 bridgehead atoms. The molecule has 11 heteroatoms. The Morgan fingerprint density at radius 1 is 1.13 bits per heavy atom. The molecular formula is C20H14F4N6O. The van der Waals surface area contributed by atoms with Crippen LogP contribution in [0, 0.1) is 5.82 Å². The molecule has 31 heavy (non-hydrogen) atoms. The smallest absolute Gasteiger partial charge is 0.433 e. The first-order chi connectivity index (χ1) is 14.9. The number of nitrogens with zero attached hydrogens (tertiary/aromatic N) is 5. The minimum atomic E-state index is -4.64. The van der Waals surface area contributed by atoms with Crippen molar-refractivity contribution in [3.05, 3.63) is 65.6 Å². The number of pyridine rings is 1. The summed E-state index contributed by atoms with van der Waals surface area (Å²) in [5, 5.41) is 10.8. The number of nitrogens with one attached hydrogen (secondary N) is 1. The summed E-state index contributed by atoms with van der Waals surface area (Å²) in [6, 6.07) is 5.65. The SMILES string of the molecule is Fc1ccc2c(c1CNc1ncc(-c3cccnc3C(F)(F)F)c3nncn13)CCO2. The third kappa shape index (κ3) is 3.31. The average Bonchev–Trinajstić information content (AvgIpc) is 3.42. The Hall–Kier alpha value is -3.76. The molecule has 0 fully saturated rings. The third-order valence-electron chi connectivity index (χ3n) is 5.06. The lowest BCUT2D eigenvalue weighted by molar-refractivity contribution is -0.140. The predicted octanol–water partition coefficient (Wildman–Crippen LogP) is 3.89. The number of aromatic nitrogens is 5. The normalized spacial score (nSPS) is 13.3. The highest BCUT2D eigenvalue weighted by molar-refractivity contribution is 5.79. The van der Waals surface area contributed by atoms with Gasteiger partial charge in [0, 0.05) is 47.6 Å². The first-order valence-corrected chi connectivity index (χ1v) is 9.31. The first-order valence-electron chi connectivity index (χ1n) is 9.31. The van der Waals surface area contributed by atoms with E-state index in [9.17, 15) is 17.6 Å². The number of anilines is 1. The van der Waals surface area contributed by atoms with Crippen LogP contribution in [-0.4, -0.2) is 31.2 Å². The van der Waals surface area contributed by atoms with E-state index in [2.05, 4.69) is 25.5 Å². The van der Waals surface area contributed by atoms with E-state index in [1.165, 1.54) is 35.1 Å². The number of alkyl halides is 3. The Labute approximate surface area is 172 Å². The van der Waals surface area contributed by atoms with Gasteiger partial charge in [-0.05, 0) is 18.2 Å². The van der Waals surface area contributed by atoms with Gasteiger partial charge in [-0.1, -0.05) is 6.07 Å². The summed E-state index contributed by atoms with van der Waals surface area (Å²) in [6.45, 7) is 0.597. The Balaban J connectivity index is 1.52. The molecule has 5 rings (SSSR count). The van der Waals surface area contributed by atoms with Gasteiger partial charge in [-0.25, -0.2) is 9.37 Å². The molecule has 0 atom stereocenters. The number of benzene rings is 1. The quantitative estimate of drug-likeness (QED) is 0.495. The minimum Gasteiger partial charge on any atom is -0.493 e. The van der Waals surface area contributed by atoms with Gasteiger partial charge >= 0.3 is 6.18 Å². The maximum Gasteiger partial charge on any atom is 0.433 e. The molecular weight excluding hydrogens is 416 g/mol. The number of hydrogen-bond acceptors (Lipinski definition) is 6. The van der Waals surface area contributed by atoms with E-state index < -0.39 is 11.9 Å². The summed E-state index contributed by atoms with van der Waals surface area (Å²) in [7, 11) is 0. The molecule has 0 spiro atoms. The monoisotopic (exact) mass is 430 g/mol. The number of halogens is 4. The van der Waals surface area contributed by atoms with Crippen LogP contribution in [0.3, 0.4) is 0 Å². The molecule has 0 unspecified atom stereocenters. The van der Waals surface area contributed by atoms with Crippen LogP contribution in [0.2, 0.25) is 0 Å². The van der Waals surface area contributed by atoms with E-state index in [0.29, 0.717) is 24.3 Å². The lowest BCUT2D eigenvalue weighted by Crippen LogP contribution is -2.12. The first kappa shape index (κ1) is 19.2. The second kappa shape index (κ2) is 7.18. The molecule has 1 aliphatic rings. The van der Waals surface area contributed by atoms with Crippen molar-refractivity contribution in [2.45, 2.75) is 19.1 Å². The van der Waals surface area contributed by atoms with Gasteiger partial charge in [0.15, 0.2) is 11.3 Å². The van der Waals surface area contributed by atoms with Gasteiger partial charge in [-0.3, -0.25) is 9.38 Å². The summed E-state index contributed by atoms with van der Waals surface area (Å²) in [5.74, 6) is 0.530. The van der Waals surface area contributed by atoms with Crippen LogP contribution in [0.4, 0.5) is 23.5 Å². The van der Waals surface area contributed by atoms with E-state index in [0.717, 1.165) is 11.8 Å². The molecule has 0 saturated heterocycles. The topological polar surface area (TPSA) is 77.2 Å². The fourth-order valence-electron chi connectivity index (χ4n) is 3.66. The molecule has 0 radical (unpaired) electrons. The molecule has 7 nitrogen and oxygen atoms in total. The van der Waals surface area contributed by atoms with Crippen molar-refractivity contribution < 1.29 is 22.3 Å². The summed E-state index contributed by atoms with van der Waals surface area (Å²) in [4.78, 5) is 7.72. The van der Waals surface area contributed by atoms with E-state index in [1.807, 2.05) is 0 Å². The Morgan fingerprint density at radius 3 is 2.84 bits per heavy atom. The number of rotatable bonds is 4. The van der Waals surface area contributed by atoms with Crippen LogP contribution in [0.5, 0.6) is 5.75 Å². The van der Waals surface area contributed by atoms with Crippen molar-refractivity contribution in [2.24, 2.45) is 0 Å². The molecule has 4 aromatic rings. The van der Waals surface area contributed by atoms with Crippen LogP contribution in [0.25, 0.3) is 16.8 Å². The van der Waals surface area contributed by atoms with Gasteiger partial charge in [-0.2, -0.15) is 13.2 Å². The predicted molar refractivity (Wildman–Crippen MR) is 102 cm³/mol. The summed E-state index contributed by atoms with van der Waals surface area (Å²) in [6.07, 6.45) is -0.370. The van der Waals surface area contributed by atoms with Crippen molar-refractivity contribution in [1.82, 2.24) is 24.6 Å². The van der Waals surface area contributed by atoms with Crippen LogP contribution < -0.4 is 10.1 Å². The maximum absolute atomic E-state index is 14.4. The molecule has 0 saturated carbocycles. The van der Waals surface area contributed by atoms with Crippen LogP contribution in [0.1, 0.15) is 16.8 Å². The molecule has 0 amide bonds. The second-order valence-electron chi connectivity index (χ2n) is 6.87. The number of ether oxygens (including phenoxy) is 1.